The monoisotopic (exact) mass is 249 g/mol. The second-order valence-electron chi connectivity index (χ2n) is 4.36. The average molecular weight is 249 g/mol. The van der Waals surface area contributed by atoms with Crippen LogP contribution in [0.15, 0.2) is 24.3 Å². The van der Waals surface area contributed by atoms with Crippen LogP contribution in [0.25, 0.3) is 0 Å². The smallest absolute Gasteiger partial charge is 0.333 e. The molecule has 1 aromatic carbocycles. The van der Waals surface area contributed by atoms with Crippen molar-refractivity contribution in [2.75, 3.05) is 18.0 Å². The molecule has 0 radical (unpaired) electrons. The number of hydrogen-bond donors (Lipinski definition) is 0. The molecule has 2 rings (SSSR count). The lowest BCUT2D eigenvalue weighted by molar-refractivity contribution is -0.160. The first-order chi connectivity index (χ1) is 8.54. The minimum Gasteiger partial charge on any atom is -0.491 e. The van der Waals surface area contributed by atoms with E-state index in [0.717, 1.165) is 11.4 Å². The number of benzene rings is 1. The highest BCUT2D eigenvalue weighted by Gasteiger charge is 2.24. The molecule has 0 spiro atoms. The first kappa shape index (κ1) is 12.4. The summed E-state index contributed by atoms with van der Waals surface area (Å²) in [5.41, 5.74) is 0.802. The molecule has 5 nitrogen and oxygen atoms in total. The van der Waals surface area contributed by atoms with E-state index in [1.807, 2.05) is 38.1 Å². The Labute approximate surface area is 105 Å². The second kappa shape index (κ2) is 5.08. The van der Waals surface area contributed by atoms with Crippen molar-refractivity contribution in [2.45, 2.75) is 20.0 Å². The van der Waals surface area contributed by atoms with E-state index in [0.29, 0.717) is 0 Å². The van der Waals surface area contributed by atoms with Gasteiger partial charge >= 0.3 is 11.9 Å². The van der Waals surface area contributed by atoms with Crippen LogP contribution in [0.4, 0.5) is 5.69 Å². The molecule has 18 heavy (non-hydrogen) atoms. The number of morpholine rings is 1. The molecule has 1 saturated heterocycles. The number of esters is 2. The summed E-state index contributed by atoms with van der Waals surface area (Å²) in [6.07, 6.45) is 0.113. The van der Waals surface area contributed by atoms with E-state index in [2.05, 4.69) is 4.74 Å². The number of anilines is 1. The third-order valence-electron chi connectivity index (χ3n) is 2.44. The molecule has 5 heteroatoms. The zero-order valence-corrected chi connectivity index (χ0v) is 10.4. The van der Waals surface area contributed by atoms with Crippen LogP contribution in [0.3, 0.4) is 0 Å². The molecule has 0 atom stereocenters. The minimum atomic E-state index is -0.520. The van der Waals surface area contributed by atoms with Crippen LogP contribution in [0, 0.1) is 0 Å². The van der Waals surface area contributed by atoms with Gasteiger partial charge < -0.3 is 14.4 Å². The molecule has 0 amide bonds. The molecular weight excluding hydrogens is 234 g/mol. The molecule has 1 heterocycles. The van der Waals surface area contributed by atoms with Crippen molar-refractivity contribution in [3.05, 3.63) is 24.3 Å². The Kier molecular flexibility index (Phi) is 3.50. The Morgan fingerprint density at radius 2 is 1.67 bits per heavy atom. The minimum absolute atomic E-state index is 0.0934. The molecule has 0 saturated carbocycles. The van der Waals surface area contributed by atoms with Gasteiger partial charge in [-0.3, -0.25) is 0 Å². The third-order valence-corrected chi connectivity index (χ3v) is 2.44. The first-order valence-corrected chi connectivity index (χ1v) is 5.80. The Balaban J connectivity index is 2.09. The summed E-state index contributed by atoms with van der Waals surface area (Å²) in [7, 11) is 0. The lowest BCUT2D eigenvalue weighted by Crippen LogP contribution is -2.42. The van der Waals surface area contributed by atoms with Crippen LogP contribution in [0.5, 0.6) is 5.75 Å². The molecule has 0 N–H and O–H groups in total. The van der Waals surface area contributed by atoms with E-state index in [1.54, 1.807) is 4.90 Å². The topological polar surface area (TPSA) is 55.8 Å². The Morgan fingerprint density at radius 1 is 1.11 bits per heavy atom. The first-order valence-electron chi connectivity index (χ1n) is 5.80. The van der Waals surface area contributed by atoms with E-state index in [1.165, 1.54) is 0 Å². The van der Waals surface area contributed by atoms with Gasteiger partial charge in [0, 0.05) is 5.69 Å². The normalized spacial score (nSPS) is 15.8. The summed E-state index contributed by atoms with van der Waals surface area (Å²) >= 11 is 0. The fraction of sp³-hybridized carbons (Fsp3) is 0.385. The standard InChI is InChI=1S/C13H15NO4/c1-9(2)17-11-5-3-10(4-6-11)14-7-12(15)18-13(16)8-14/h3-6,9H,7-8H2,1-2H3. The Hall–Kier alpha value is -2.04. The van der Waals surface area contributed by atoms with Gasteiger partial charge in [-0.15, -0.1) is 0 Å². The van der Waals surface area contributed by atoms with Gasteiger partial charge in [-0.25, -0.2) is 9.59 Å². The number of carbonyl (C=O) groups excluding carboxylic acids is 2. The van der Waals surface area contributed by atoms with Crippen molar-refractivity contribution in [3.8, 4) is 5.75 Å². The molecule has 1 aliphatic rings. The SMILES string of the molecule is CC(C)Oc1ccc(N2CC(=O)OC(=O)C2)cc1. The molecular formula is C13H15NO4. The maximum Gasteiger partial charge on any atom is 0.333 e. The number of nitrogens with zero attached hydrogens (tertiary/aromatic N) is 1. The summed E-state index contributed by atoms with van der Waals surface area (Å²) in [5.74, 6) is -0.276. The number of hydrogen-bond acceptors (Lipinski definition) is 5. The Morgan fingerprint density at radius 3 is 2.17 bits per heavy atom. The van der Waals surface area contributed by atoms with Crippen LogP contribution in [-0.4, -0.2) is 31.1 Å². The van der Waals surface area contributed by atoms with E-state index >= 15 is 0 Å². The molecule has 0 unspecified atom stereocenters. The maximum atomic E-state index is 11.2. The van der Waals surface area contributed by atoms with Crippen molar-refractivity contribution in [2.24, 2.45) is 0 Å². The molecule has 1 fully saturated rings. The highest BCUT2D eigenvalue weighted by Crippen LogP contribution is 2.21. The van der Waals surface area contributed by atoms with Crippen LogP contribution in [-0.2, 0) is 14.3 Å². The van der Waals surface area contributed by atoms with Gasteiger partial charge in [-0.05, 0) is 38.1 Å². The van der Waals surface area contributed by atoms with Gasteiger partial charge in [-0.2, -0.15) is 0 Å². The van der Waals surface area contributed by atoms with Crippen molar-refractivity contribution in [1.82, 2.24) is 0 Å². The molecule has 96 valence electrons. The van der Waals surface area contributed by atoms with Crippen LogP contribution in [0.1, 0.15) is 13.8 Å². The van der Waals surface area contributed by atoms with Crippen molar-refractivity contribution in [3.63, 3.8) is 0 Å². The fourth-order valence-electron chi connectivity index (χ4n) is 1.75. The van der Waals surface area contributed by atoms with Gasteiger partial charge in [0.25, 0.3) is 0 Å². The zero-order chi connectivity index (χ0) is 13.1. The maximum absolute atomic E-state index is 11.2. The van der Waals surface area contributed by atoms with Crippen LogP contribution >= 0.6 is 0 Å². The number of cyclic esters (lactones) is 2. The second-order valence-corrected chi connectivity index (χ2v) is 4.36. The zero-order valence-electron chi connectivity index (χ0n) is 10.4. The summed E-state index contributed by atoms with van der Waals surface area (Å²) < 4.78 is 9.99. The summed E-state index contributed by atoms with van der Waals surface area (Å²) in [5, 5.41) is 0. The van der Waals surface area contributed by atoms with Crippen LogP contribution in [0.2, 0.25) is 0 Å². The lowest BCUT2D eigenvalue weighted by Gasteiger charge is -2.26. The number of rotatable bonds is 3. The van der Waals surface area contributed by atoms with E-state index in [9.17, 15) is 9.59 Å². The average Bonchev–Trinajstić information content (AvgIpc) is 2.27. The molecule has 0 bridgehead atoms. The van der Waals surface area contributed by atoms with Gasteiger partial charge in [0.05, 0.1) is 6.10 Å². The fourth-order valence-corrected chi connectivity index (χ4v) is 1.75. The predicted octanol–water partition coefficient (Wildman–Crippen LogP) is 1.36. The lowest BCUT2D eigenvalue weighted by atomic mass is 10.2. The van der Waals surface area contributed by atoms with Gasteiger partial charge in [0.1, 0.15) is 18.8 Å². The van der Waals surface area contributed by atoms with Gasteiger partial charge in [0.15, 0.2) is 0 Å². The highest BCUT2D eigenvalue weighted by atomic mass is 16.6. The molecule has 1 aromatic rings. The van der Waals surface area contributed by atoms with E-state index < -0.39 is 11.9 Å². The highest BCUT2D eigenvalue weighted by molar-refractivity contribution is 5.94. The largest absolute Gasteiger partial charge is 0.491 e. The number of carbonyl (C=O) groups is 2. The van der Waals surface area contributed by atoms with Crippen molar-refractivity contribution < 1.29 is 19.1 Å². The number of ether oxygens (including phenoxy) is 2. The van der Waals surface area contributed by atoms with Gasteiger partial charge in [0.2, 0.25) is 0 Å². The Bertz CT molecular complexity index is 437. The van der Waals surface area contributed by atoms with Crippen LogP contribution < -0.4 is 9.64 Å². The van der Waals surface area contributed by atoms with E-state index in [4.69, 9.17) is 4.74 Å². The van der Waals surface area contributed by atoms with Crippen molar-refractivity contribution in [1.29, 1.82) is 0 Å². The quantitative estimate of drug-likeness (QED) is 0.598. The summed E-state index contributed by atoms with van der Waals surface area (Å²) in [4.78, 5) is 24.0. The summed E-state index contributed by atoms with van der Waals surface area (Å²) in [6.45, 7) is 4.09. The summed E-state index contributed by atoms with van der Waals surface area (Å²) in [6, 6.07) is 7.28. The molecule has 0 aliphatic carbocycles. The van der Waals surface area contributed by atoms with Gasteiger partial charge in [-0.1, -0.05) is 0 Å². The van der Waals surface area contributed by atoms with E-state index in [-0.39, 0.29) is 19.2 Å². The van der Waals surface area contributed by atoms with Crippen molar-refractivity contribution >= 4 is 17.6 Å². The molecule has 1 aliphatic heterocycles. The molecule has 0 aromatic heterocycles. The third kappa shape index (κ3) is 3.00. The predicted molar refractivity (Wildman–Crippen MR) is 65.5 cm³/mol.